The van der Waals surface area contributed by atoms with Gasteiger partial charge in [0.15, 0.2) is 0 Å². The second-order valence-electron chi connectivity index (χ2n) is 5.00. The minimum absolute atomic E-state index is 0.0253. The molecule has 0 amide bonds. The molecule has 1 saturated carbocycles. The summed E-state index contributed by atoms with van der Waals surface area (Å²) in [6.07, 6.45) is 6.62. The van der Waals surface area contributed by atoms with Crippen LogP contribution in [0, 0.1) is 6.92 Å². The molecule has 4 nitrogen and oxygen atoms in total. The van der Waals surface area contributed by atoms with Gasteiger partial charge < -0.3 is 15.1 Å². The fraction of sp³-hybridized carbons (Fsp3) is 0.643. The molecule has 0 spiro atoms. The number of nitrogens with zero attached hydrogens (tertiary/aromatic N) is 2. The number of hydrogen-bond acceptors (Lipinski definition) is 4. The Morgan fingerprint density at radius 2 is 2.06 bits per heavy atom. The number of hydrogen-bond donors (Lipinski definition) is 2. The van der Waals surface area contributed by atoms with Crippen molar-refractivity contribution in [3.63, 3.8) is 0 Å². The first kappa shape index (κ1) is 13.3. The number of aryl methyl sites for hydroxylation is 1. The Morgan fingerprint density at radius 3 is 2.61 bits per heavy atom. The van der Waals surface area contributed by atoms with E-state index in [1.807, 2.05) is 13.0 Å². The van der Waals surface area contributed by atoms with Crippen LogP contribution >= 0.6 is 0 Å². The second-order valence-corrected chi connectivity index (χ2v) is 5.00. The molecule has 1 aromatic heterocycles. The van der Waals surface area contributed by atoms with Crippen LogP contribution < -0.4 is 4.90 Å². The third-order valence-corrected chi connectivity index (χ3v) is 3.67. The van der Waals surface area contributed by atoms with Crippen molar-refractivity contribution in [2.24, 2.45) is 0 Å². The van der Waals surface area contributed by atoms with Gasteiger partial charge in [-0.2, -0.15) is 0 Å². The van der Waals surface area contributed by atoms with Crippen LogP contribution in [-0.2, 0) is 6.61 Å². The van der Waals surface area contributed by atoms with Crippen molar-refractivity contribution in [2.45, 2.75) is 45.3 Å². The monoisotopic (exact) mass is 250 g/mol. The lowest BCUT2D eigenvalue weighted by Crippen LogP contribution is -2.36. The Labute approximate surface area is 108 Å². The average molecular weight is 250 g/mol. The molecule has 0 aromatic carbocycles. The van der Waals surface area contributed by atoms with E-state index in [4.69, 9.17) is 5.11 Å². The number of aromatic nitrogens is 1. The summed E-state index contributed by atoms with van der Waals surface area (Å²) < 4.78 is 0. The molecule has 100 valence electrons. The van der Waals surface area contributed by atoms with Gasteiger partial charge in [-0.05, 0) is 37.0 Å². The van der Waals surface area contributed by atoms with E-state index < -0.39 is 0 Å². The molecule has 18 heavy (non-hydrogen) atoms. The van der Waals surface area contributed by atoms with Crippen LogP contribution in [0.5, 0.6) is 0 Å². The third kappa shape index (κ3) is 2.82. The zero-order valence-corrected chi connectivity index (χ0v) is 11.0. The van der Waals surface area contributed by atoms with Crippen molar-refractivity contribution in [1.29, 1.82) is 0 Å². The number of aliphatic hydroxyl groups excluding tert-OH is 2. The molecule has 0 unspecified atom stereocenters. The van der Waals surface area contributed by atoms with E-state index in [2.05, 4.69) is 9.88 Å². The summed E-state index contributed by atoms with van der Waals surface area (Å²) >= 11 is 0. The maximum absolute atomic E-state index is 9.24. The van der Waals surface area contributed by atoms with Crippen molar-refractivity contribution >= 4 is 5.82 Å². The summed E-state index contributed by atoms with van der Waals surface area (Å²) in [4.78, 5) is 6.69. The van der Waals surface area contributed by atoms with Crippen LogP contribution in [0.4, 0.5) is 5.82 Å². The van der Waals surface area contributed by atoms with Crippen LogP contribution in [0.15, 0.2) is 12.3 Å². The van der Waals surface area contributed by atoms with E-state index in [1.54, 1.807) is 6.20 Å². The second kappa shape index (κ2) is 6.16. The van der Waals surface area contributed by atoms with Gasteiger partial charge in [0.25, 0.3) is 0 Å². The topological polar surface area (TPSA) is 56.6 Å². The lowest BCUT2D eigenvalue weighted by atomic mass is 10.1. The molecule has 1 aliphatic rings. The van der Waals surface area contributed by atoms with Gasteiger partial charge in [-0.25, -0.2) is 4.98 Å². The zero-order valence-electron chi connectivity index (χ0n) is 11.0. The average Bonchev–Trinajstić information content (AvgIpc) is 2.90. The predicted octanol–water partition coefficient (Wildman–Crippen LogP) is 1.62. The standard InChI is InChI=1S/C14H22N2O2/c1-11-8-12(10-18)9-15-14(11)16(6-7-17)13-4-2-3-5-13/h8-9,13,17-18H,2-7,10H2,1H3. The van der Waals surface area contributed by atoms with Crippen molar-refractivity contribution in [3.8, 4) is 0 Å². The third-order valence-electron chi connectivity index (χ3n) is 3.67. The number of aliphatic hydroxyl groups is 2. The minimum Gasteiger partial charge on any atom is -0.395 e. The highest BCUT2D eigenvalue weighted by molar-refractivity contribution is 5.48. The first-order valence-electron chi connectivity index (χ1n) is 6.70. The molecule has 4 heteroatoms. The first-order chi connectivity index (χ1) is 8.76. The van der Waals surface area contributed by atoms with Gasteiger partial charge in [-0.3, -0.25) is 0 Å². The van der Waals surface area contributed by atoms with E-state index in [1.165, 1.54) is 25.7 Å². The number of rotatable bonds is 5. The Morgan fingerprint density at radius 1 is 1.33 bits per heavy atom. The molecule has 1 fully saturated rings. The van der Waals surface area contributed by atoms with Crippen LogP contribution in [0.3, 0.4) is 0 Å². The van der Waals surface area contributed by atoms with Gasteiger partial charge in [0.05, 0.1) is 13.2 Å². The SMILES string of the molecule is Cc1cc(CO)cnc1N(CCO)C1CCCC1. The molecule has 0 atom stereocenters. The highest BCUT2D eigenvalue weighted by Crippen LogP contribution is 2.28. The number of anilines is 1. The molecular weight excluding hydrogens is 228 g/mol. The van der Waals surface area contributed by atoms with Gasteiger partial charge in [0.1, 0.15) is 5.82 Å². The van der Waals surface area contributed by atoms with Gasteiger partial charge in [0, 0.05) is 18.8 Å². The fourth-order valence-electron chi connectivity index (χ4n) is 2.80. The molecule has 0 aliphatic heterocycles. The summed E-state index contributed by atoms with van der Waals surface area (Å²) in [5.74, 6) is 0.952. The highest BCUT2D eigenvalue weighted by Gasteiger charge is 2.24. The van der Waals surface area contributed by atoms with Crippen LogP contribution in [0.1, 0.15) is 36.8 Å². The predicted molar refractivity (Wildman–Crippen MR) is 71.6 cm³/mol. The molecule has 2 N–H and O–H groups in total. The van der Waals surface area contributed by atoms with E-state index in [0.29, 0.717) is 12.6 Å². The molecule has 1 heterocycles. The lowest BCUT2D eigenvalue weighted by molar-refractivity contribution is 0.281. The normalized spacial score (nSPS) is 16.2. The summed E-state index contributed by atoms with van der Waals surface area (Å²) in [6.45, 7) is 2.83. The van der Waals surface area contributed by atoms with Gasteiger partial charge in [-0.15, -0.1) is 0 Å². The Hall–Kier alpha value is -1.13. The molecule has 2 rings (SSSR count). The van der Waals surface area contributed by atoms with E-state index in [0.717, 1.165) is 16.9 Å². The van der Waals surface area contributed by atoms with Crippen molar-refractivity contribution in [1.82, 2.24) is 4.98 Å². The Bertz CT molecular complexity index is 389. The molecule has 0 bridgehead atoms. The smallest absolute Gasteiger partial charge is 0.131 e. The van der Waals surface area contributed by atoms with E-state index >= 15 is 0 Å². The van der Waals surface area contributed by atoms with Gasteiger partial charge in [-0.1, -0.05) is 12.8 Å². The van der Waals surface area contributed by atoms with Crippen LogP contribution in [-0.4, -0.2) is 34.4 Å². The van der Waals surface area contributed by atoms with Crippen molar-refractivity contribution in [3.05, 3.63) is 23.4 Å². The maximum Gasteiger partial charge on any atom is 0.131 e. The Kier molecular flexibility index (Phi) is 4.55. The van der Waals surface area contributed by atoms with Crippen molar-refractivity contribution < 1.29 is 10.2 Å². The van der Waals surface area contributed by atoms with Crippen molar-refractivity contribution in [2.75, 3.05) is 18.1 Å². The largest absolute Gasteiger partial charge is 0.395 e. The highest BCUT2D eigenvalue weighted by atomic mass is 16.3. The van der Waals surface area contributed by atoms with Crippen LogP contribution in [0.2, 0.25) is 0 Å². The van der Waals surface area contributed by atoms with Gasteiger partial charge >= 0.3 is 0 Å². The number of pyridine rings is 1. The fourth-order valence-corrected chi connectivity index (χ4v) is 2.80. The molecule has 0 radical (unpaired) electrons. The molecule has 1 aliphatic carbocycles. The Balaban J connectivity index is 2.23. The summed E-state index contributed by atoms with van der Waals surface area (Å²) in [6, 6.07) is 2.48. The molecule has 0 saturated heterocycles. The lowest BCUT2D eigenvalue weighted by Gasteiger charge is -2.30. The maximum atomic E-state index is 9.24. The quantitative estimate of drug-likeness (QED) is 0.834. The zero-order chi connectivity index (χ0) is 13.0. The summed E-state index contributed by atoms with van der Waals surface area (Å²) in [5, 5.41) is 18.4. The summed E-state index contributed by atoms with van der Waals surface area (Å²) in [7, 11) is 0. The van der Waals surface area contributed by atoms with Crippen LogP contribution in [0.25, 0.3) is 0 Å². The molecule has 1 aromatic rings. The van der Waals surface area contributed by atoms with E-state index in [9.17, 15) is 5.11 Å². The summed E-state index contributed by atoms with van der Waals surface area (Å²) in [5.41, 5.74) is 1.91. The van der Waals surface area contributed by atoms with E-state index in [-0.39, 0.29) is 13.2 Å². The molecular formula is C14H22N2O2. The minimum atomic E-state index is 0.0253. The van der Waals surface area contributed by atoms with Gasteiger partial charge in [0.2, 0.25) is 0 Å². The first-order valence-corrected chi connectivity index (χ1v) is 6.70.